The Bertz CT molecular complexity index is 1220. The van der Waals surface area contributed by atoms with Gasteiger partial charge in [0.05, 0.1) is 33.3 Å². The van der Waals surface area contributed by atoms with Crippen molar-refractivity contribution in [1.82, 2.24) is 0 Å². The van der Waals surface area contributed by atoms with Crippen LogP contribution in [0.3, 0.4) is 0 Å². The number of quaternary nitrogens is 1. The van der Waals surface area contributed by atoms with Gasteiger partial charge in [-0.15, -0.1) is 0 Å². The van der Waals surface area contributed by atoms with Crippen LogP contribution < -0.4 is 26.5 Å². The third kappa shape index (κ3) is 5.08. The number of hydrogen-bond acceptors (Lipinski definition) is 4. The molecule has 200 valence electrons. The lowest BCUT2D eigenvalue weighted by atomic mass is 9.88. The summed E-state index contributed by atoms with van der Waals surface area (Å²) >= 11 is 0. The lowest BCUT2D eigenvalue weighted by molar-refractivity contribution is -0.919. The minimum Gasteiger partial charge on any atom is -1.00 e. The number of carbonyl (C=O) groups excluding carboxylic acids is 1. The van der Waals surface area contributed by atoms with Gasteiger partial charge < -0.3 is 35.7 Å². The van der Waals surface area contributed by atoms with Crippen LogP contribution in [0.5, 0.6) is 17.2 Å². The molecule has 0 spiro atoms. The molecule has 2 aliphatic carbocycles. The number of esters is 1. The summed E-state index contributed by atoms with van der Waals surface area (Å²) in [6, 6.07) is 26.2. The number of carbonyl (C=O) groups is 1. The molecule has 3 aromatic rings. The zero-order valence-electron chi connectivity index (χ0n) is 22.1. The van der Waals surface area contributed by atoms with Gasteiger partial charge in [-0.25, -0.2) is 0 Å². The van der Waals surface area contributed by atoms with E-state index in [0.717, 1.165) is 58.7 Å². The fourth-order valence-electron chi connectivity index (χ4n) is 7.17. The molecule has 2 bridgehead atoms. The van der Waals surface area contributed by atoms with Gasteiger partial charge in [0.25, 0.3) is 0 Å². The molecule has 6 rings (SSSR count). The highest BCUT2D eigenvalue weighted by Crippen LogP contribution is 2.51. The molecule has 1 heterocycles. The molecule has 5 nitrogen and oxygen atoms in total. The molecule has 4 atom stereocenters. The fourth-order valence-corrected chi connectivity index (χ4v) is 7.17. The molecule has 0 N–H and O–H groups in total. The summed E-state index contributed by atoms with van der Waals surface area (Å²) in [5.41, 5.74) is 1.78. The van der Waals surface area contributed by atoms with Crippen molar-refractivity contribution in [3.63, 3.8) is 0 Å². The van der Waals surface area contributed by atoms with Crippen molar-refractivity contribution in [2.45, 2.75) is 43.7 Å². The molecule has 0 amide bonds. The van der Waals surface area contributed by atoms with E-state index in [0.29, 0.717) is 24.5 Å². The molecule has 1 aliphatic heterocycles. The van der Waals surface area contributed by atoms with Gasteiger partial charge in [0.15, 0.2) is 0 Å². The van der Waals surface area contributed by atoms with Crippen LogP contribution in [-0.2, 0) is 9.53 Å². The van der Waals surface area contributed by atoms with Crippen molar-refractivity contribution in [3.05, 3.63) is 90.0 Å². The highest BCUT2D eigenvalue weighted by molar-refractivity contribution is 5.85. The quantitative estimate of drug-likeness (QED) is 0.234. The number of halogens is 1. The van der Waals surface area contributed by atoms with E-state index in [1.165, 1.54) is 6.42 Å². The molecule has 0 radical (unpaired) electrons. The third-order valence-electron chi connectivity index (χ3n) is 8.69. The summed E-state index contributed by atoms with van der Waals surface area (Å²) in [5, 5.41) is 0. The SMILES string of the molecule is C[N+](C)(CCCOc1ccccc1)C1C2CCC1C(OC(=O)C1c3ccccc3Oc3ccccc31)C2.[Br-]. The van der Waals surface area contributed by atoms with Gasteiger partial charge in [0, 0.05) is 29.4 Å². The molecule has 4 unspecified atom stereocenters. The van der Waals surface area contributed by atoms with Crippen molar-refractivity contribution in [1.29, 1.82) is 0 Å². The number of benzene rings is 3. The fraction of sp³-hybridized carbons (Fsp3) is 0.406. The van der Waals surface area contributed by atoms with Crippen LogP contribution in [0.4, 0.5) is 0 Å². The first-order chi connectivity index (χ1) is 18.0. The molecule has 2 fully saturated rings. The van der Waals surface area contributed by atoms with Gasteiger partial charge in [-0.1, -0.05) is 54.6 Å². The lowest BCUT2D eigenvalue weighted by Crippen LogP contribution is -3.00. The Morgan fingerprint density at radius 3 is 2.21 bits per heavy atom. The average molecular weight is 579 g/mol. The smallest absolute Gasteiger partial charge is 0.318 e. The van der Waals surface area contributed by atoms with E-state index in [1.807, 2.05) is 78.9 Å². The lowest BCUT2D eigenvalue weighted by Gasteiger charge is -2.39. The Morgan fingerprint density at radius 1 is 0.895 bits per heavy atom. The van der Waals surface area contributed by atoms with E-state index in [-0.39, 0.29) is 29.1 Å². The summed E-state index contributed by atoms with van der Waals surface area (Å²) in [5.74, 6) is 2.81. The summed E-state index contributed by atoms with van der Waals surface area (Å²) < 4.78 is 19.4. The Balaban J connectivity index is 0.00000294. The summed E-state index contributed by atoms with van der Waals surface area (Å²) in [4.78, 5) is 13.8. The predicted molar refractivity (Wildman–Crippen MR) is 143 cm³/mol. The maximum atomic E-state index is 13.8. The number of para-hydroxylation sites is 3. The first kappa shape index (κ1) is 26.8. The van der Waals surface area contributed by atoms with Crippen LogP contribution in [-0.4, -0.2) is 49.8 Å². The van der Waals surface area contributed by atoms with Crippen molar-refractivity contribution < 1.29 is 40.5 Å². The van der Waals surface area contributed by atoms with E-state index in [4.69, 9.17) is 14.2 Å². The van der Waals surface area contributed by atoms with Gasteiger partial charge in [-0.2, -0.15) is 0 Å². The molecule has 2 saturated carbocycles. The van der Waals surface area contributed by atoms with Crippen LogP contribution in [0, 0.1) is 11.8 Å². The maximum Gasteiger partial charge on any atom is 0.318 e. The van der Waals surface area contributed by atoms with Gasteiger partial charge in [0.1, 0.15) is 29.3 Å². The van der Waals surface area contributed by atoms with Gasteiger partial charge in [0.2, 0.25) is 0 Å². The number of fused-ring (bicyclic) bond motifs is 4. The topological polar surface area (TPSA) is 44.8 Å². The zero-order chi connectivity index (χ0) is 25.4. The number of rotatable bonds is 8. The van der Waals surface area contributed by atoms with Crippen molar-refractivity contribution >= 4 is 5.97 Å². The minimum atomic E-state index is -0.448. The maximum absolute atomic E-state index is 13.8. The number of ether oxygens (including phenoxy) is 3. The second-order valence-corrected chi connectivity index (χ2v) is 11.3. The van der Waals surface area contributed by atoms with E-state index >= 15 is 0 Å². The Kier molecular flexibility index (Phi) is 7.83. The Labute approximate surface area is 236 Å². The highest BCUT2D eigenvalue weighted by Gasteiger charge is 2.57. The van der Waals surface area contributed by atoms with Gasteiger partial charge in [-0.05, 0) is 43.5 Å². The Hall–Kier alpha value is -2.83. The van der Waals surface area contributed by atoms with E-state index in [9.17, 15) is 4.79 Å². The number of nitrogens with zero attached hydrogens (tertiary/aromatic N) is 1. The minimum absolute atomic E-state index is 0. The van der Waals surface area contributed by atoms with Crippen LogP contribution in [0.2, 0.25) is 0 Å². The molecule has 6 heteroatoms. The molecule has 0 saturated heterocycles. The van der Waals surface area contributed by atoms with Crippen molar-refractivity contribution in [2.75, 3.05) is 27.2 Å². The Morgan fingerprint density at radius 2 is 1.53 bits per heavy atom. The molecular weight excluding hydrogens is 542 g/mol. The zero-order valence-corrected chi connectivity index (χ0v) is 23.7. The van der Waals surface area contributed by atoms with Crippen LogP contribution in [0.15, 0.2) is 78.9 Å². The van der Waals surface area contributed by atoms with E-state index in [2.05, 4.69) is 14.1 Å². The second-order valence-electron chi connectivity index (χ2n) is 11.3. The first-order valence-corrected chi connectivity index (χ1v) is 13.6. The highest BCUT2D eigenvalue weighted by atomic mass is 79.9. The number of hydrogen-bond donors (Lipinski definition) is 0. The van der Waals surface area contributed by atoms with E-state index in [1.54, 1.807) is 0 Å². The molecule has 38 heavy (non-hydrogen) atoms. The van der Waals surface area contributed by atoms with Gasteiger partial charge >= 0.3 is 5.97 Å². The van der Waals surface area contributed by atoms with Crippen LogP contribution in [0.25, 0.3) is 0 Å². The van der Waals surface area contributed by atoms with Crippen molar-refractivity contribution in [2.24, 2.45) is 11.8 Å². The average Bonchev–Trinajstić information content (AvgIpc) is 3.49. The standard InChI is InChI=1S/C32H36NO4.BrH/c1-33(2,19-10-20-35-23-11-4-3-5-12-23)31-22-17-18-26(31)29(21-22)37-32(34)30-24-13-6-8-15-27(24)36-28-16-9-7-14-25(28)30;/h3-9,11-16,22,26,29-31H,10,17-21H2,1-2H3;1H/q+1;/p-1. The normalized spacial score (nSPS) is 23.5. The summed E-state index contributed by atoms with van der Waals surface area (Å²) in [7, 11) is 4.68. The summed E-state index contributed by atoms with van der Waals surface area (Å²) in [6.45, 7) is 1.76. The molecular formula is C32H36BrNO4. The largest absolute Gasteiger partial charge is 1.00 e. The second kappa shape index (κ2) is 11.1. The van der Waals surface area contributed by atoms with Crippen LogP contribution in [0.1, 0.15) is 42.7 Å². The predicted octanol–water partition coefficient (Wildman–Crippen LogP) is 3.18. The monoisotopic (exact) mass is 577 g/mol. The van der Waals surface area contributed by atoms with E-state index < -0.39 is 5.92 Å². The van der Waals surface area contributed by atoms with Crippen molar-refractivity contribution in [3.8, 4) is 17.2 Å². The first-order valence-electron chi connectivity index (χ1n) is 13.6. The molecule has 0 aromatic heterocycles. The van der Waals surface area contributed by atoms with Gasteiger partial charge in [-0.3, -0.25) is 4.79 Å². The molecule has 3 aromatic carbocycles. The third-order valence-corrected chi connectivity index (χ3v) is 8.69. The van der Waals surface area contributed by atoms with Crippen LogP contribution >= 0.6 is 0 Å². The molecule has 3 aliphatic rings. The summed E-state index contributed by atoms with van der Waals surface area (Å²) in [6.07, 6.45) is 4.31.